The summed E-state index contributed by atoms with van der Waals surface area (Å²) in [5.74, 6) is 4.74. The fourth-order valence-corrected chi connectivity index (χ4v) is 10.7. The minimum Gasteiger partial charge on any atom is -0.457 e. The van der Waals surface area contributed by atoms with Crippen LogP contribution in [0, 0.1) is 35.5 Å². The van der Waals surface area contributed by atoms with Gasteiger partial charge in [0, 0.05) is 57.2 Å². The summed E-state index contributed by atoms with van der Waals surface area (Å²) in [6, 6.07) is 9.69. The van der Waals surface area contributed by atoms with E-state index < -0.39 is 103 Å². The van der Waals surface area contributed by atoms with Crippen molar-refractivity contribution < 1.29 is 86.2 Å². The van der Waals surface area contributed by atoms with Crippen LogP contribution in [0.4, 0.5) is 26.0 Å². The van der Waals surface area contributed by atoms with Gasteiger partial charge in [-0.3, -0.25) is 43.6 Å². The molecule has 7 rings (SSSR count). The Labute approximate surface area is 521 Å². The van der Waals surface area contributed by atoms with Gasteiger partial charge in [0.2, 0.25) is 23.7 Å². The van der Waals surface area contributed by atoms with E-state index in [2.05, 4.69) is 70.5 Å². The molecule has 90 heavy (non-hydrogen) atoms. The number of hydrogen-bond acceptors (Lipinski definition) is 20. The number of nitrogens with one attached hydrogen (secondary N) is 7. The van der Waals surface area contributed by atoms with E-state index in [0.717, 1.165) is 32.0 Å². The molecule has 0 spiro atoms. The van der Waals surface area contributed by atoms with Crippen molar-refractivity contribution in [3.05, 3.63) is 81.9 Å². The summed E-state index contributed by atoms with van der Waals surface area (Å²) in [5.41, 5.74) is 5.36. The van der Waals surface area contributed by atoms with E-state index in [9.17, 15) is 58.0 Å². The lowest BCUT2D eigenvalue weighted by Crippen LogP contribution is -2.54. The molecular weight excluding hydrogens is 1220 g/mol. The number of nitrogens with zero attached hydrogens (tertiary/aromatic N) is 4. The molecular formula is C57H75N12O19PS. The number of rotatable bonds is 33. The van der Waals surface area contributed by atoms with Crippen LogP contribution < -0.4 is 43.2 Å². The topological polar surface area (TPSA) is 427 Å². The predicted octanol–water partition coefficient (Wildman–Crippen LogP) is 1.77. The van der Waals surface area contributed by atoms with Gasteiger partial charge >= 0.3 is 24.9 Å². The van der Waals surface area contributed by atoms with E-state index in [-0.39, 0.29) is 101 Å². The Balaban J connectivity index is 0.843. The highest BCUT2D eigenvalue weighted by Crippen LogP contribution is 2.52. The van der Waals surface area contributed by atoms with E-state index >= 15 is 0 Å². The number of primary amides is 1. The second-order valence-electron chi connectivity index (χ2n) is 21.7. The molecule has 8 amide bonds. The molecule has 3 aliphatic rings. The Morgan fingerprint density at radius 3 is 2.32 bits per heavy atom. The number of aromatic nitrogens is 4. The number of aliphatic hydroxyl groups is 1. The van der Waals surface area contributed by atoms with E-state index in [1.807, 2.05) is 0 Å². The highest BCUT2D eigenvalue weighted by atomic mass is 32.5. The Kier molecular flexibility index (Phi) is 25.9. The number of carbonyl (C=O) groups excluding carboxylic acids is 8. The third kappa shape index (κ3) is 20.7. The number of ether oxygens (including phenoxy) is 6. The first-order valence-corrected chi connectivity index (χ1v) is 31.6. The van der Waals surface area contributed by atoms with Crippen LogP contribution in [0.1, 0.15) is 86.5 Å². The molecule has 2 fully saturated rings. The zero-order valence-electron chi connectivity index (χ0n) is 49.7. The molecule has 9 atom stereocenters. The molecule has 4 aromatic rings. The Morgan fingerprint density at radius 1 is 0.922 bits per heavy atom. The quantitative estimate of drug-likeness (QED) is 0.0106. The predicted molar refractivity (Wildman–Crippen MR) is 323 cm³/mol. The van der Waals surface area contributed by atoms with Gasteiger partial charge in [-0.05, 0) is 90.5 Å². The lowest BCUT2D eigenvalue weighted by Gasteiger charge is -2.25. The van der Waals surface area contributed by atoms with Crippen LogP contribution in [-0.4, -0.2) is 178 Å². The molecule has 2 unspecified atom stereocenters. The minimum absolute atomic E-state index is 0.0362. The number of fused-ring (bicyclic) bond motifs is 2. The number of aliphatic hydroxyl groups excluding tert-OH is 1. The number of anilines is 2. The first kappa shape index (κ1) is 69.4. The first-order valence-electron chi connectivity index (χ1n) is 29.0. The molecule has 31 nitrogen and oxygen atoms in total. The molecule has 0 radical (unpaired) electrons. The number of imidazole rings is 1. The SMILES string of the molecule is CC(C)C(NC(=O)CCOCCOCCNC(=O)OCC1[C@H]2CCC#CCC[C@@H]12)C(=O)N[C@@H](CCCNC(N)=O)C(=O)Nc1ccc(COC(=O)N(C)Cc2ccccc2C(=O)Nc2nc3c(ncn3[C@@H]3O[C@H](COP(O)(O)=S)[C@@H](O)[C@H]3OC=O)c(=O)[nH]2)cc1. The maximum Gasteiger partial charge on any atom is 0.410 e. The van der Waals surface area contributed by atoms with Crippen LogP contribution in [0.2, 0.25) is 0 Å². The first-order chi connectivity index (χ1) is 43.1. The van der Waals surface area contributed by atoms with Gasteiger partial charge in [-0.1, -0.05) is 44.2 Å². The fourth-order valence-electron chi connectivity index (χ4n) is 10.2. The summed E-state index contributed by atoms with van der Waals surface area (Å²) in [6.45, 7) is -0.139. The molecule has 3 heterocycles. The van der Waals surface area contributed by atoms with Gasteiger partial charge in [-0.25, -0.2) is 19.4 Å². The van der Waals surface area contributed by atoms with Crippen LogP contribution in [-0.2, 0) is 77.1 Å². The molecule has 2 aromatic carbocycles. The number of hydrogen-bond donors (Lipinski definition) is 11. The van der Waals surface area contributed by atoms with Crippen LogP contribution in [0.3, 0.4) is 0 Å². The molecule has 0 bridgehead atoms. The third-order valence-electron chi connectivity index (χ3n) is 14.9. The van der Waals surface area contributed by atoms with Gasteiger partial charge in [0.05, 0.1) is 46.0 Å². The number of urea groups is 1. The monoisotopic (exact) mass is 1290 g/mol. The summed E-state index contributed by atoms with van der Waals surface area (Å²) in [6.07, 6.45) is -1.62. The average Bonchev–Trinajstić information content (AvgIpc) is 1.64. The number of nitrogens with two attached hydrogens (primary N) is 1. The number of alkyl carbamates (subject to hydrolysis) is 1. The summed E-state index contributed by atoms with van der Waals surface area (Å²) < 4.78 is 38.9. The highest BCUT2D eigenvalue weighted by Gasteiger charge is 2.50. The summed E-state index contributed by atoms with van der Waals surface area (Å²) >= 11 is 4.47. The smallest absolute Gasteiger partial charge is 0.410 e. The average molecular weight is 1300 g/mol. The Morgan fingerprint density at radius 2 is 1.63 bits per heavy atom. The van der Waals surface area contributed by atoms with E-state index in [4.69, 9.17) is 38.7 Å². The van der Waals surface area contributed by atoms with Crippen LogP contribution in [0.5, 0.6) is 0 Å². The normalized spacial score (nSPS) is 19.9. The van der Waals surface area contributed by atoms with Gasteiger partial charge in [0.25, 0.3) is 17.9 Å². The number of benzene rings is 2. The molecule has 1 saturated heterocycles. The van der Waals surface area contributed by atoms with Gasteiger partial charge < -0.3 is 85.1 Å². The zero-order valence-corrected chi connectivity index (χ0v) is 51.4. The Bertz CT molecular complexity index is 3320. The summed E-state index contributed by atoms with van der Waals surface area (Å²) in [7, 11) is 1.45. The molecule has 488 valence electrons. The Hall–Kier alpha value is -8.12. The lowest BCUT2D eigenvalue weighted by molar-refractivity contribution is -0.142. The summed E-state index contributed by atoms with van der Waals surface area (Å²) in [5, 5.41) is 26.7. The van der Waals surface area contributed by atoms with Crippen molar-refractivity contribution >= 4 is 89.6 Å². The molecule has 2 aromatic heterocycles. The van der Waals surface area contributed by atoms with E-state index in [1.54, 1.807) is 56.3 Å². The van der Waals surface area contributed by atoms with Gasteiger partial charge in [0.15, 0.2) is 23.5 Å². The van der Waals surface area contributed by atoms with Crippen molar-refractivity contribution in [3.63, 3.8) is 0 Å². The molecule has 1 aliphatic heterocycles. The van der Waals surface area contributed by atoms with Crippen molar-refractivity contribution in [2.75, 3.05) is 70.4 Å². The minimum atomic E-state index is -4.16. The molecule has 1 saturated carbocycles. The van der Waals surface area contributed by atoms with Crippen molar-refractivity contribution in [1.29, 1.82) is 0 Å². The van der Waals surface area contributed by atoms with Crippen molar-refractivity contribution in [3.8, 4) is 11.8 Å². The third-order valence-corrected chi connectivity index (χ3v) is 15.7. The molecule has 33 heteroatoms. The number of carbonyl (C=O) groups is 8. The fraction of sp³-hybridized carbons (Fsp3) is 0.526. The van der Waals surface area contributed by atoms with Crippen molar-refractivity contribution in [2.45, 2.75) is 109 Å². The summed E-state index contributed by atoms with van der Waals surface area (Å²) in [4.78, 5) is 147. The highest BCUT2D eigenvalue weighted by molar-refractivity contribution is 8.06. The van der Waals surface area contributed by atoms with Crippen LogP contribution in [0.25, 0.3) is 11.2 Å². The van der Waals surface area contributed by atoms with Gasteiger partial charge in [0.1, 0.15) is 30.9 Å². The second-order valence-corrected chi connectivity index (χ2v) is 24.4. The van der Waals surface area contributed by atoms with Gasteiger partial charge in [-0.15, -0.1) is 11.8 Å². The van der Waals surface area contributed by atoms with Crippen LogP contribution >= 0.6 is 6.72 Å². The zero-order chi connectivity index (χ0) is 64.9. The lowest BCUT2D eigenvalue weighted by atomic mass is 10.0. The number of amides is 8. The molecule has 2 aliphatic carbocycles. The molecule has 12 N–H and O–H groups in total. The van der Waals surface area contributed by atoms with E-state index in [0.29, 0.717) is 41.2 Å². The van der Waals surface area contributed by atoms with Gasteiger partial charge in [-0.2, -0.15) is 4.98 Å². The maximum atomic E-state index is 13.8. The van der Waals surface area contributed by atoms with Crippen molar-refractivity contribution in [1.82, 2.24) is 45.7 Å². The standard InChI is InChI=1S/C57H75N12O19PS/c1-33(2)44(64-43(71)20-23-82-25-26-83-24-22-60-56(78)84-29-40-38-13-6-4-5-7-14-39(38)40)51(75)63-41(15-10-21-59-54(58)77)50(74)62-36-18-16-34(17-19-36)28-85-57(79)68(3)27-35-11-8-9-12-37(35)49(73)66-55-65-48-45(52(76)67-55)61-31-69(48)53-47(86-32-70)46(72)42(88-53)30-87-89(80,81)90/h8-9,11-12,16-19,31-33,38-42,44,46-47,53,72H,6-7,10,13-15,20-30H2,1-3H3,(H,60,78)(H,62,74)(H,63,75)(H,64,71)(H3,58,59,77)(H2,80,81,90)(H2,65,66,67,73,76)/t38-,39+,40?,41-,42+,44?,46+,47+,53+/m0/s1. The van der Waals surface area contributed by atoms with E-state index in [1.165, 1.54) is 22.6 Å². The second kappa shape index (κ2) is 33.6. The maximum absolute atomic E-state index is 13.8. The number of H-pyrrole nitrogens is 1. The van der Waals surface area contributed by atoms with Crippen LogP contribution in [0.15, 0.2) is 59.7 Å². The number of aromatic amines is 1. The van der Waals surface area contributed by atoms with Crippen molar-refractivity contribution in [2.24, 2.45) is 29.4 Å². The largest absolute Gasteiger partial charge is 0.457 e.